The molecule has 4 aromatic rings. The van der Waals surface area contributed by atoms with Gasteiger partial charge < -0.3 is 4.57 Å². The maximum Gasteiger partial charge on any atom is 0.416 e. The number of nitrogens with zero attached hydrogens (tertiary/aromatic N) is 2. The molecule has 37 heavy (non-hydrogen) atoms. The topological polar surface area (TPSA) is 17.8 Å². The number of aromatic nitrogens is 2. The smallest absolute Gasteiger partial charge is 0.302 e. The van der Waals surface area contributed by atoms with E-state index in [9.17, 15) is 30.7 Å². The number of alkyl halides is 6. The third kappa shape index (κ3) is 7.16. The van der Waals surface area contributed by atoms with Crippen LogP contribution in [0.15, 0.2) is 79.3 Å². The first-order valence-electron chi connectivity index (χ1n) is 11.1. The molecule has 0 aliphatic carbocycles. The van der Waals surface area contributed by atoms with Crippen LogP contribution in [0, 0.1) is 12.7 Å². The van der Waals surface area contributed by atoms with Crippen LogP contribution in [0.4, 0.5) is 30.7 Å². The van der Waals surface area contributed by atoms with Gasteiger partial charge in [0, 0.05) is 17.8 Å². The largest absolute Gasteiger partial charge is 0.416 e. The van der Waals surface area contributed by atoms with Crippen LogP contribution >= 0.6 is 11.6 Å². The maximum absolute atomic E-state index is 12.8. The van der Waals surface area contributed by atoms with E-state index in [1.54, 1.807) is 26.4 Å². The number of benzene rings is 3. The van der Waals surface area contributed by atoms with Crippen LogP contribution < -0.4 is 0 Å². The molecule has 0 fully saturated rings. The number of aryl methyl sites for hydroxylation is 1. The first-order valence-corrected chi connectivity index (χ1v) is 11.5. The van der Waals surface area contributed by atoms with Gasteiger partial charge in [-0.3, -0.25) is 0 Å². The molecule has 0 saturated heterocycles. The summed E-state index contributed by atoms with van der Waals surface area (Å²) in [6, 6.07) is 13.7. The van der Waals surface area contributed by atoms with Crippen molar-refractivity contribution in [3.8, 4) is 5.69 Å². The summed E-state index contributed by atoms with van der Waals surface area (Å²) in [6.45, 7) is 1.91. The molecule has 1 heterocycles. The van der Waals surface area contributed by atoms with Gasteiger partial charge in [-0.15, -0.1) is 0 Å². The summed E-state index contributed by atoms with van der Waals surface area (Å²) in [5.41, 5.74) is 0.783. The average molecular weight is 541 g/mol. The SMILES string of the molecule is BCC(c1cccc(C(F)(F)F)c1)c1cccc(C(F)(F)F)c1.Cc1cncn1-c1ccc(F)cc1Cl. The predicted molar refractivity (Wildman–Crippen MR) is 131 cm³/mol. The van der Waals surface area contributed by atoms with Crippen molar-refractivity contribution in [3.05, 3.63) is 118 Å². The van der Waals surface area contributed by atoms with E-state index in [1.165, 1.54) is 36.4 Å². The second kappa shape index (κ2) is 11.4. The molecule has 0 aliphatic rings. The second-order valence-electron chi connectivity index (χ2n) is 8.21. The van der Waals surface area contributed by atoms with Crippen LogP contribution in [0.1, 0.15) is 33.9 Å². The molecule has 0 radical (unpaired) electrons. The van der Waals surface area contributed by atoms with Gasteiger partial charge in [-0.05, 0) is 48.4 Å². The number of imidazole rings is 1. The molecule has 1 aromatic heterocycles. The fourth-order valence-corrected chi connectivity index (χ4v) is 4.08. The van der Waals surface area contributed by atoms with Crippen molar-refractivity contribution in [2.75, 3.05) is 0 Å². The quantitative estimate of drug-likeness (QED) is 0.190. The summed E-state index contributed by atoms with van der Waals surface area (Å²) in [5.74, 6) is -0.865. The van der Waals surface area contributed by atoms with Crippen LogP contribution in [-0.2, 0) is 12.4 Å². The van der Waals surface area contributed by atoms with Gasteiger partial charge >= 0.3 is 12.4 Å². The van der Waals surface area contributed by atoms with Gasteiger partial charge in [0.1, 0.15) is 13.7 Å². The molecule has 0 aliphatic heterocycles. The number of rotatable bonds is 4. The van der Waals surface area contributed by atoms with Crippen molar-refractivity contribution in [1.82, 2.24) is 9.55 Å². The zero-order valence-electron chi connectivity index (χ0n) is 19.7. The predicted octanol–water partition coefficient (Wildman–Crippen LogP) is 7.88. The minimum absolute atomic E-state index is 0.337. The van der Waals surface area contributed by atoms with Crippen LogP contribution in [-0.4, -0.2) is 17.4 Å². The molecular formula is C26H21BClF7N2. The van der Waals surface area contributed by atoms with E-state index in [0.717, 1.165) is 35.6 Å². The van der Waals surface area contributed by atoms with Crippen molar-refractivity contribution in [2.24, 2.45) is 0 Å². The van der Waals surface area contributed by atoms with E-state index < -0.39 is 29.4 Å². The molecule has 0 spiro atoms. The van der Waals surface area contributed by atoms with Gasteiger partial charge in [-0.2, -0.15) is 26.3 Å². The molecule has 0 bridgehead atoms. The normalized spacial score (nSPS) is 11.8. The Morgan fingerprint density at radius 2 is 1.41 bits per heavy atom. The van der Waals surface area contributed by atoms with Gasteiger partial charge in [0.25, 0.3) is 0 Å². The van der Waals surface area contributed by atoms with Crippen molar-refractivity contribution < 1.29 is 30.7 Å². The lowest BCUT2D eigenvalue weighted by molar-refractivity contribution is -0.138. The minimum Gasteiger partial charge on any atom is -0.302 e. The molecular weight excluding hydrogens is 520 g/mol. The van der Waals surface area contributed by atoms with E-state index in [2.05, 4.69) is 4.98 Å². The first kappa shape index (κ1) is 28.3. The summed E-state index contributed by atoms with van der Waals surface area (Å²) in [7, 11) is 1.73. The van der Waals surface area contributed by atoms with E-state index in [-0.39, 0.29) is 5.82 Å². The van der Waals surface area contributed by atoms with Crippen LogP contribution in [0.5, 0.6) is 0 Å². The Bertz CT molecular complexity index is 1290. The molecule has 194 valence electrons. The van der Waals surface area contributed by atoms with Gasteiger partial charge in [-0.1, -0.05) is 54.3 Å². The van der Waals surface area contributed by atoms with Crippen molar-refractivity contribution in [1.29, 1.82) is 0 Å². The monoisotopic (exact) mass is 540 g/mol. The van der Waals surface area contributed by atoms with Crippen molar-refractivity contribution >= 4 is 19.4 Å². The highest BCUT2D eigenvalue weighted by Crippen LogP contribution is 2.36. The zero-order valence-corrected chi connectivity index (χ0v) is 20.5. The molecule has 0 N–H and O–H groups in total. The van der Waals surface area contributed by atoms with Gasteiger partial charge in [0.05, 0.1) is 28.2 Å². The van der Waals surface area contributed by atoms with E-state index in [0.29, 0.717) is 22.5 Å². The molecule has 4 rings (SSSR count). The molecule has 0 saturated carbocycles. The van der Waals surface area contributed by atoms with Crippen LogP contribution in [0.25, 0.3) is 5.69 Å². The van der Waals surface area contributed by atoms with Crippen LogP contribution in [0.3, 0.4) is 0 Å². The number of halogens is 8. The molecule has 11 heteroatoms. The maximum atomic E-state index is 12.8. The van der Waals surface area contributed by atoms with E-state index >= 15 is 0 Å². The minimum atomic E-state index is -4.48. The molecule has 0 unspecified atom stereocenters. The lowest BCUT2D eigenvalue weighted by atomic mass is 9.80. The summed E-state index contributed by atoms with van der Waals surface area (Å²) >= 11 is 5.90. The van der Waals surface area contributed by atoms with Gasteiger partial charge in [-0.25, -0.2) is 9.37 Å². The Hall–Kier alpha value is -3.27. The number of hydrogen-bond acceptors (Lipinski definition) is 1. The Morgan fingerprint density at radius 1 is 0.865 bits per heavy atom. The number of hydrogen-bond donors (Lipinski definition) is 0. The molecule has 2 nitrogen and oxygen atoms in total. The lowest BCUT2D eigenvalue weighted by Crippen LogP contribution is -2.09. The molecule has 3 aromatic carbocycles. The third-order valence-electron chi connectivity index (χ3n) is 5.63. The van der Waals surface area contributed by atoms with E-state index in [1.807, 2.05) is 11.5 Å². The second-order valence-corrected chi connectivity index (χ2v) is 8.62. The highest BCUT2D eigenvalue weighted by Gasteiger charge is 2.32. The Balaban J connectivity index is 0.000000231. The van der Waals surface area contributed by atoms with Gasteiger partial charge in [0.15, 0.2) is 0 Å². The highest BCUT2D eigenvalue weighted by atomic mass is 35.5. The lowest BCUT2D eigenvalue weighted by Gasteiger charge is -2.19. The van der Waals surface area contributed by atoms with Crippen molar-refractivity contribution in [3.63, 3.8) is 0 Å². The third-order valence-corrected chi connectivity index (χ3v) is 5.94. The first-order chi connectivity index (χ1) is 17.3. The zero-order chi connectivity index (χ0) is 27.4. The molecule has 0 amide bonds. The standard InChI is InChI=1S/C16H13BF6.C10H8ClFN2/c17-9-14(10-3-1-5-12(7-10)15(18,19)20)11-4-2-6-13(8-11)16(21,22)23;1-7-5-13-6-14(7)10-3-2-8(12)4-9(10)11/h1-8,14H,9,17H2;2-6H,1H3. The highest BCUT2D eigenvalue weighted by molar-refractivity contribution is 6.32. The summed E-state index contributed by atoms with van der Waals surface area (Å²) in [4.78, 5) is 3.97. The molecule has 0 atom stereocenters. The Morgan fingerprint density at radius 3 is 1.81 bits per heavy atom. The average Bonchev–Trinajstić information content (AvgIpc) is 3.25. The van der Waals surface area contributed by atoms with Crippen molar-refractivity contribution in [2.45, 2.75) is 31.5 Å². The van der Waals surface area contributed by atoms with Gasteiger partial charge in [0.2, 0.25) is 0 Å². The fourth-order valence-electron chi connectivity index (χ4n) is 3.82. The summed E-state index contributed by atoms with van der Waals surface area (Å²) < 4.78 is 91.4. The Labute approximate surface area is 215 Å². The van der Waals surface area contributed by atoms with E-state index in [4.69, 9.17) is 11.6 Å². The summed E-state index contributed by atoms with van der Waals surface area (Å²) in [5, 5.41) is 0.381. The van der Waals surface area contributed by atoms with Crippen LogP contribution in [0.2, 0.25) is 11.3 Å². The fraction of sp³-hybridized carbons (Fsp3) is 0.192. The summed E-state index contributed by atoms with van der Waals surface area (Å²) in [6.07, 6.45) is -5.21. The Kier molecular flexibility index (Phi) is 8.74.